The molecule has 0 aromatic heterocycles. The summed E-state index contributed by atoms with van der Waals surface area (Å²) in [6.45, 7) is 8.42. The third-order valence-corrected chi connectivity index (χ3v) is 3.36. The van der Waals surface area contributed by atoms with Gasteiger partial charge in [-0.25, -0.2) is 0 Å². The second-order valence-electron chi connectivity index (χ2n) is 5.32. The Morgan fingerprint density at radius 2 is 2.05 bits per heavy atom. The maximum atomic E-state index is 11.9. The highest BCUT2D eigenvalue weighted by Crippen LogP contribution is 2.19. The molecule has 1 amide bonds. The Morgan fingerprint density at radius 1 is 1.35 bits per heavy atom. The molecular formula is C16H26N2O2. The lowest BCUT2D eigenvalue weighted by molar-refractivity contribution is -0.129. The molecule has 0 saturated heterocycles. The van der Waals surface area contributed by atoms with E-state index in [0.29, 0.717) is 6.54 Å². The van der Waals surface area contributed by atoms with Gasteiger partial charge in [0.1, 0.15) is 5.75 Å². The van der Waals surface area contributed by atoms with E-state index in [-0.39, 0.29) is 18.1 Å². The number of carbonyl (C=O) groups is 1. The van der Waals surface area contributed by atoms with Crippen molar-refractivity contribution in [1.82, 2.24) is 4.90 Å². The molecule has 4 heteroatoms. The molecule has 1 atom stereocenters. The molecule has 1 aromatic carbocycles. The van der Waals surface area contributed by atoms with Crippen molar-refractivity contribution in [3.05, 3.63) is 24.3 Å². The zero-order valence-corrected chi connectivity index (χ0v) is 13.1. The van der Waals surface area contributed by atoms with E-state index >= 15 is 0 Å². The van der Waals surface area contributed by atoms with Crippen molar-refractivity contribution in [1.29, 1.82) is 0 Å². The van der Waals surface area contributed by atoms with Gasteiger partial charge in [0.15, 0.2) is 0 Å². The lowest BCUT2D eigenvalue weighted by Crippen LogP contribution is -2.37. The molecule has 0 saturated carbocycles. The van der Waals surface area contributed by atoms with E-state index in [1.54, 1.807) is 4.90 Å². The molecule has 1 N–H and O–H groups in total. The highest BCUT2D eigenvalue weighted by molar-refractivity contribution is 5.80. The minimum atomic E-state index is 0.0771. The average molecular weight is 278 g/mol. The van der Waals surface area contributed by atoms with Gasteiger partial charge < -0.3 is 15.0 Å². The van der Waals surface area contributed by atoms with Crippen LogP contribution >= 0.6 is 0 Å². The third-order valence-electron chi connectivity index (χ3n) is 3.36. The van der Waals surface area contributed by atoms with Crippen LogP contribution in [0, 0.1) is 0 Å². The molecule has 112 valence electrons. The summed E-state index contributed by atoms with van der Waals surface area (Å²) in [7, 11) is 1.82. The number of hydrogen-bond acceptors (Lipinski definition) is 3. The van der Waals surface area contributed by atoms with Crippen molar-refractivity contribution in [3.63, 3.8) is 0 Å². The summed E-state index contributed by atoms with van der Waals surface area (Å²) in [6, 6.07) is 7.93. The van der Waals surface area contributed by atoms with Crippen molar-refractivity contribution >= 4 is 11.6 Å². The fourth-order valence-electron chi connectivity index (χ4n) is 1.59. The normalized spacial score (nSPS) is 12.1. The van der Waals surface area contributed by atoms with Crippen LogP contribution in [0.4, 0.5) is 5.69 Å². The summed E-state index contributed by atoms with van der Waals surface area (Å²) < 4.78 is 5.76. The number of benzene rings is 1. The zero-order valence-electron chi connectivity index (χ0n) is 13.1. The highest BCUT2D eigenvalue weighted by atomic mass is 16.5. The van der Waals surface area contributed by atoms with Crippen LogP contribution in [-0.2, 0) is 4.79 Å². The predicted molar refractivity (Wildman–Crippen MR) is 83.2 cm³/mol. The Balaban J connectivity index is 2.56. The topological polar surface area (TPSA) is 41.6 Å². The Bertz CT molecular complexity index is 432. The van der Waals surface area contributed by atoms with E-state index in [9.17, 15) is 4.79 Å². The molecule has 0 fully saturated rings. The van der Waals surface area contributed by atoms with E-state index in [2.05, 4.69) is 12.2 Å². The molecule has 1 aromatic rings. The zero-order chi connectivity index (χ0) is 15.1. The highest BCUT2D eigenvalue weighted by Gasteiger charge is 2.11. The first-order chi connectivity index (χ1) is 9.43. The van der Waals surface area contributed by atoms with Crippen LogP contribution in [0.3, 0.4) is 0 Å². The maximum absolute atomic E-state index is 11.9. The first-order valence-electron chi connectivity index (χ1n) is 7.20. The molecule has 0 aliphatic heterocycles. The summed E-state index contributed by atoms with van der Waals surface area (Å²) in [6.07, 6.45) is 1.16. The fourth-order valence-corrected chi connectivity index (χ4v) is 1.59. The summed E-state index contributed by atoms with van der Waals surface area (Å²) in [5.41, 5.74) is 0.899. The van der Waals surface area contributed by atoms with Crippen molar-refractivity contribution in [3.8, 4) is 5.75 Å². The first kappa shape index (κ1) is 16.3. The van der Waals surface area contributed by atoms with Crippen LogP contribution < -0.4 is 10.1 Å². The molecule has 1 unspecified atom stereocenters. The van der Waals surface area contributed by atoms with Gasteiger partial charge in [0.05, 0.1) is 12.6 Å². The Morgan fingerprint density at radius 3 is 2.65 bits per heavy atom. The molecule has 1 rings (SSSR count). The number of rotatable bonds is 7. The molecule has 0 aliphatic carbocycles. The number of amides is 1. The van der Waals surface area contributed by atoms with Gasteiger partial charge in [0, 0.05) is 24.8 Å². The largest absolute Gasteiger partial charge is 0.491 e. The average Bonchev–Trinajstić information content (AvgIpc) is 2.44. The number of likely N-dealkylation sites (N-methyl/N-ethyl adjacent to an activating group) is 1. The van der Waals surface area contributed by atoms with Crippen LogP contribution in [0.2, 0.25) is 0 Å². The number of nitrogens with one attached hydrogen (secondary N) is 1. The molecule has 0 aliphatic rings. The fraction of sp³-hybridized carbons (Fsp3) is 0.562. The quantitative estimate of drug-likeness (QED) is 0.833. The van der Waals surface area contributed by atoms with Crippen molar-refractivity contribution in [2.75, 3.05) is 18.9 Å². The second-order valence-corrected chi connectivity index (χ2v) is 5.32. The van der Waals surface area contributed by atoms with Crippen molar-refractivity contribution in [2.45, 2.75) is 46.3 Å². The van der Waals surface area contributed by atoms with Gasteiger partial charge in [-0.05, 0) is 39.3 Å². The molecule has 0 radical (unpaired) electrons. The molecule has 0 bridgehead atoms. The minimum absolute atomic E-state index is 0.0771. The molecule has 4 nitrogen and oxygen atoms in total. The SMILES string of the molecule is CCC(C)Oc1cccc(NCC(=O)N(C)C(C)C)c1. The van der Waals surface area contributed by atoms with Crippen LogP contribution in [0.5, 0.6) is 5.75 Å². The lowest BCUT2D eigenvalue weighted by Gasteiger charge is -2.22. The van der Waals surface area contributed by atoms with E-state index in [4.69, 9.17) is 4.74 Å². The minimum Gasteiger partial charge on any atom is -0.491 e. The predicted octanol–water partition coefficient (Wildman–Crippen LogP) is 3.14. The van der Waals surface area contributed by atoms with Gasteiger partial charge in [-0.1, -0.05) is 13.0 Å². The van der Waals surface area contributed by atoms with E-state index in [1.807, 2.05) is 52.1 Å². The lowest BCUT2D eigenvalue weighted by atomic mass is 10.2. The van der Waals surface area contributed by atoms with Crippen LogP contribution in [0.1, 0.15) is 34.1 Å². The summed E-state index contributed by atoms with van der Waals surface area (Å²) in [5, 5.41) is 3.14. The van der Waals surface area contributed by atoms with Gasteiger partial charge in [0.2, 0.25) is 5.91 Å². The van der Waals surface area contributed by atoms with E-state index in [0.717, 1.165) is 17.9 Å². The van der Waals surface area contributed by atoms with Gasteiger partial charge in [-0.3, -0.25) is 4.79 Å². The van der Waals surface area contributed by atoms with Gasteiger partial charge >= 0.3 is 0 Å². The first-order valence-corrected chi connectivity index (χ1v) is 7.20. The van der Waals surface area contributed by atoms with Crippen molar-refractivity contribution < 1.29 is 9.53 Å². The number of ether oxygens (including phenoxy) is 1. The Labute approximate surface area is 122 Å². The monoisotopic (exact) mass is 278 g/mol. The summed E-state index contributed by atoms with van der Waals surface area (Å²) >= 11 is 0. The van der Waals surface area contributed by atoms with Crippen LogP contribution in [0.15, 0.2) is 24.3 Å². The summed E-state index contributed by atoms with van der Waals surface area (Å²) in [4.78, 5) is 13.6. The van der Waals surface area contributed by atoms with E-state index in [1.165, 1.54) is 0 Å². The van der Waals surface area contributed by atoms with Gasteiger partial charge in [0.25, 0.3) is 0 Å². The Kier molecular flexibility index (Phi) is 6.36. The van der Waals surface area contributed by atoms with E-state index < -0.39 is 0 Å². The molecule has 0 heterocycles. The van der Waals surface area contributed by atoms with Crippen LogP contribution in [0.25, 0.3) is 0 Å². The Hall–Kier alpha value is -1.71. The third kappa shape index (κ3) is 5.11. The second kappa shape index (κ2) is 7.78. The van der Waals surface area contributed by atoms with Gasteiger partial charge in [-0.15, -0.1) is 0 Å². The number of anilines is 1. The maximum Gasteiger partial charge on any atom is 0.241 e. The van der Waals surface area contributed by atoms with Gasteiger partial charge in [-0.2, -0.15) is 0 Å². The number of nitrogens with zero attached hydrogens (tertiary/aromatic N) is 1. The number of carbonyl (C=O) groups excluding carboxylic acids is 1. The molecule has 20 heavy (non-hydrogen) atoms. The summed E-state index contributed by atoms with van der Waals surface area (Å²) in [5.74, 6) is 0.905. The number of hydrogen-bond donors (Lipinski definition) is 1. The molecule has 0 spiro atoms. The smallest absolute Gasteiger partial charge is 0.241 e. The standard InChI is InChI=1S/C16H26N2O2/c1-6-13(4)20-15-9-7-8-14(10-15)17-11-16(19)18(5)12(2)3/h7-10,12-13,17H,6,11H2,1-5H3. The van der Waals surface area contributed by atoms with Crippen LogP contribution in [-0.4, -0.2) is 36.5 Å². The molecular weight excluding hydrogens is 252 g/mol. The van der Waals surface area contributed by atoms with Crippen molar-refractivity contribution in [2.24, 2.45) is 0 Å².